The average Bonchev–Trinajstić information content (AvgIpc) is 2.72. The number of carbonyl (C=O) groups is 2. The number of urea groups is 1. The zero-order chi connectivity index (χ0) is 16.6. The molecule has 13 heteroatoms. The normalized spacial score (nSPS) is 27.8. The maximum absolute atomic E-state index is 12.4. The van der Waals surface area contributed by atoms with Crippen LogP contribution in [0.3, 0.4) is 0 Å². The van der Waals surface area contributed by atoms with Gasteiger partial charge in [0, 0.05) is 49.2 Å². The van der Waals surface area contributed by atoms with Gasteiger partial charge >= 0.3 is 16.4 Å². The maximum atomic E-state index is 12.4. The standard InChI is InChI=1S/C11H18N4O7S.Na/c16-10(12-13-3-5-21-6-4-13)9-2-1-8-7-14(9)11(17)15(8)22-23(18,19)20;/h8-9H,1-7H2,(H,12,16)(H,18,19,20);. The van der Waals surface area contributed by atoms with Crippen LogP contribution in [-0.4, -0.2) is 114 Å². The van der Waals surface area contributed by atoms with Crippen molar-refractivity contribution >= 4 is 51.9 Å². The van der Waals surface area contributed by atoms with Crippen molar-refractivity contribution in [3.8, 4) is 0 Å². The molecule has 3 fully saturated rings. The molecular weight excluding hydrogens is 355 g/mol. The van der Waals surface area contributed by atoms with Crippen LogP contribution in [-0.2, 0) is 24.2 Å². The van der Waals surface area contributed by atoms with Gasteiger partial charge in [-0.05, 0) is 12.8 Å². The van der Waals surface area contributed by atoms with Crippen molar-refractivity contribution in [2.75, 3.05) is 32.8 Å². The van der Waals surface area contributed by atoms with Gasteiger partial charge in [-0.3, -0.25) is 14.8 Å². The Bertz CT molecular complexity index is 597. The first-order valence-corrected chi connectivity index (χ1v) is 8.62. The third-order valence-corrected chi connectivity index (χ3v) is 4.43. The minimum Gasteiger partial charge on any atom is -0.379 e. The Morgan fingerprint density at radius 2 is 1.96 bits per heavy atom. The van der Waals surface area contributed by atoms with Gasteiger partial charge in [-0.15, -0.1) is 4.28 Å². The Hall–Kier alpha value is -0.470. The molecule has 2 bridgehead atoms. The second-order valence-electron chi connectivity index (χ2n) is 5.59. The number of morpholine rings is 1. The molecule has 131 valence electrons. The maximum Gasteiger partial charge on any atom is 0.418 e. The van der Waals surface area contributed by atoms with Crippen LogP contribution >= 0.6 is 0 Å². The van der Waals surface area contributed by atoms with Crippen LogP contribution in [0.15, 0.2) is 0 Å². The summed E-state index contributed by atoms with van der Waals surface area (Å²) in [6, 6.07) is -1.94. The van der Waals surface area contributed by atoms with Gasteiger partial charge in [0.25, 0.3) is 5.91 Å². The molecule has 24 heavy (non-hydrogen) atoms. The van der Waals surface area contributed by atoms with Gasteiger partial charge in [-0.1, -0.05) is 0 Å². The van der Waals surface area contributed by atoms with E-state index in [9.17, 15) is 18.0 Å². The van der Waals surface area contributed by atoms with E-state index >= 15 is 0 Å². The van der Waals surface area contributed by atoms with Gasteiger partial charge in [0.2, 0.25) is 0 Å². The molecule has 3 rings (SSSR count). The Kier molecular flexibility index (Phi) is 6.47. The second kappa shape index (κ2) is 7.83. The van der Waals surface area contributed by atoms with Crippen LogP contribution in [0, 0.1) is 0 Å². The quantitative estimate of drug-likeness (QED) is 0.427. The summed E-state index contributed by atoms with van der Waals surface area (Å²) in [5, 5.41) is 2.35. The van der Waals surface area contributed by atoms with Crippen molar-refractivity contribution in [3.63, 3.8) is 0 Å². The number of rotatable bonds is 4. The SMILES string of the molecule is O=C(NN1CCOCC1)C1CCC2CN1C(=O)N2OS(=O)(=O)O.[Na]. The van der Waals surface area contributed by atoms with Crippen molar-refractivity contribution in [2.45, 2.75) is 24.9 Å². The predicted molar refractivity (Wildman–Crippen MR) is 79.7 cm³/mol. The number of hydrogen-bond donors (Lipinski definition) is 2. The molecule has 0 aromatic carbocycles. The van der Waals surface area contributed by atoms with E-state index in [0.29, 0.717) is 44.2 Å². The fraction of sp³-hybridized carbons (Fsp3) is 0.818. The number of nitrogens with zero attached hydrogens (tertiary/aromatic N) is 3. The molecule has 3 aliphatic rings. The summed E-state index contributed by atoms with van der Waals surface area (Å²) in [6.07, 6.45) is 0.789. The van der Waals surface area contributed by atoms with Crippen molar-refractivity contribution in [3.05, 3.63) is 0 Å². The zero-order valence-corrected chi connectivity index (χ0v) is 16.1. The smallest absolute Gasteiger partial charge is 0.379 e. The molecule has 0 saturated carbocycles. The summed E-state index contributed by atoms with van der Waals surface area (Å²) in [6.45, 7) is 2.34. The van der Waals surface area contributed by atoms with Crippen LogP contribution in [0.5, 0.6) is 0 Å². The molecule has 3 aliphatic heterocycles. The molecule has 3 heterocycles. The predicted octanol–water partition coefficient (Wildman–Crippen LogP) is -2.03. The second-order valence-corrected chi connectivity index (χ2v) is 6.59. The minimum atomic E-state index is -4.78. The number of hydroxylamine groups is 2. The van der Waals surface area contributed by atoms with Gasteiger partial charge in [0.05, 0.1) is 19.3 Å². The van der Waals surface area contributed by atoms with Crippen LogP contribution in [0.4, 0.5) is 4.79 Å². The van der Waals surface area contributed by atoms with Crippen molar-refractivity contribution < 1.29 is 31.6 Å². The number of amides is 3. The fourth-order valence-corrected chi connectivity index (χ4v) is 3.40. The van der Waals surface area contributed by atoms with E-state index in [0.717, 1.165) is 0 Å². The van der Waals surface area contributed by atoms with Crippen molar-refractivity contribution in [1.29, 1.82) is 0 Å². The first-order chi connectivity index (χ1) is 10.8. The number of ether oxygens (including phenoxy) is 1. The number of hydrazine groups is 1. The van der Waals surface area contributed by atoms with Crippen molar-refractivity contribution in [2.24, 2.45) is 0 Å². The molecule has 0 aromatic rings. The van der Waals surface area contributed by atoms with Crippen LogP contribution in [0.25, 0.3) is 0 Å². The number of nitrogens with one attached hydrogen (secondary N) is 1. The van der Waals surface area contributed by atoms with E-state index in [2.05, 4.69) is 9.71 Å². The van der Waals surface area contributed by atoms with Gasteiger partial charge < -0.3 is 9.64 Å². The van der Waals surface area contributed by atoms with Crippen LogP contribution in [0.1, 0.15) is 12.8 Å². The Morgan fingerprint density at radius 1 is 1.29 bits per heavy atom. The molecule has 0 aromatic heterocycles. The third kappa shape index (κ3) is 4.38. The van der Waals surface area contributed by atoms with E-state index in [1.165, 1.54) is 4.90 Å². The number of piperidine rings is 1. The fourth-order valence-electron chi connectivity index (χ4n) is 3.01. The molecular formula is C11H18N4NaO7S. The molecule has 1 radical (unpaired) electrons. The third-order valence-electron chi connectivity index (χ3n) is 4.08. The summed E-state index contributed by atoms with van der Waals surface area (Å²) in [7, 11) is -4.78. The van der Waals surface area contributed by atoms with E-state index < -0.39 is 28.5 Å². The van der Waals surface area contributed by atoms with E-state index in [1.807, 2.05) is 0 Å². The van der Waals surface area contributed by atoms with Gasteiger partial charge in [0.1, 0.15) is 6.04 Å². The first-order valence-electron chi connectivity index (χ1n) is 7.25. The summed E-state index contributed by atoms with van der Waals surface area (Å²) >= 11 is 0. The number of hydrogen-bond acceptors (Lipinski definition) is 7. The molecule has 2 unspecified atom stereocenters. The summed E-state index contributed by atoms with van der Waals surface area (Å²) in [4.78, 5) is 25.8. The van der Waals surface area contributed by atoms with E-state index in [-0.39, 0.29) is 42.0 Å². The van der Waals surface area contributed by atoms with E-state index in [1.54, 1.807) is 5.01 Å². The Balaban J connectivity index is 0.00000208. The summed E-state index contributed by atoms with van der Waals surface area (Å²) in [5.41, 5.74) is 2.75. The number of fused-ring (bicyclic) bond motifs is 2. The monoisotopic (exact) mass is 373 g/mol. The Morgan fingerprint density at radius 3 is 2.58 bits per heavy atom. The molecule has 3 saturated heterocycles. The summed E-state index contributed by atoms with van der Waals surface area (Å²) < 4.78 is 39.9. The zero-order valence-electron chi connectivity index (χ0n) is 13.3. The van der Waals surface area contributed by atoms with Crippen molar-refractivity contribution in [1.82, 2.24) is 20.4 Å². The molecule has 0 spiro atoms. The molecule has 2 atom stereocenters. The van der Waals surface area contributed by atoms with Gasteiger partial charge in [-0.2, -0.15) is 13.5 Å². The molecule has 2 N–H and O–H groups in total. The average molecular weight is 373 g/mol. The largest absolute Gasteiger partial charge is 0.418 e. The van der Waals surface area contributed by atoms with Crippen LogP contribution < -0.4 is 5.43 Å². The van der Waals surface area contributed by atoms with Gasteiger partial charge in [0.15, 0.2) is 0 Å². The topological polar surface area (TPSA) is 129 Å². The van der Waals surface area contributed by atoms with E-state index in [4.69, 9.17) is 9.29 Å². The molecule has 3 amide bonds. The van der Waals surface area contributed by atoms with Gasteiger partial charge in [-0.25, -0.2) is 9.80 Å². The molecule has 0 aliphatic carbocycles. The first kappa shape index (κ1) is 19.8. The van der Waals surface area contributed by atoms with Crippen LogP contribution in [0.2, 0.25) is 0 Å². The molecule has 11 nitrogen and oxygen atoms in total. The Labute approximate surface area is 161 Å². The number of carbonyl (C=O) groups excluding carboxylic acids is 2. The minimum absolute atomic E-state index is 0. The summed E-state index contributed by atoms with van der Waals surface area (Å²) in [5.74, 6) is -0.326.